The van der Waals surface area contributed by atoms with Crippen molar-refractivity contribution in [2.24, 2.45) is 0 Å². The number of carbonyl (C=O) groups excluding carboxylic acids is 1. The number of pyridine rings is 2. The van der Waals surface area contributed by atoms with Crippen LogP contribution in [0.3, 0.4) is 0 Å². The first-order valence-electron chi connectivity index (χ1n) is 9.43. The number of nitrogens with zero attached hydrogens (tertiary/aromatic N) is 5. The molecule has 6 nitrogen and oxygen atoms in total. The molecule has 144 valence electrons. The molecule has 1 aliphatic rings. The van der Waals surface area contributed by atoms with E-state index in [-0.39, 0.29) is 5.78 Å². The zero-order valence-electron chi connectivity index (χ0n) is 15.9. The zero-order chi connectivity index (χ0) is 19.3. The maximum Gasteiger partial charge on any atom is 0.143 e. The smallest absolute Gasteiger partial charge is 0.143 e. The van der Waals surface area contributed by atoms with Crippen LogP contribution in [-0.2, 0) is 17.6 Å². The van der Waals surface area contributed by atoms with Crippen molar-refractivity contribution in [2.45, 2.75) is 12.8 Å². The van der Waals surface area contributed by atoms with E-state index < -0.39 is 0 Å². The Morgan fingerprint density at radius 2 is 1.93 bits per heavy atom. The van der Waals surface area contributed by atoms with E-state index in [1.54, 1.807) is 6.20 Å². The van der Waals surface area contributed by atoms with Crippen molar-refractivity contribution in [3.63, 3.8) is 0 Å². The minimum absolute atomic E-state index is 0.145. The van der Waals surface area contributed by atoms with Crippen LogP contribution in [0.25, 0.3) is 10.7 Å². The Labute approximate surface area is 168 Å². The molecule has 0 amide bonds. The molecular formula is C21H23N5OS. The van der Waals surface area contributed by atoms with E-state index in [0.29, 0.717) is 12.8 Å². The Morgan fingerprint density at radius 3 is 2.64 bits per heavy atom. The highest BCUT2D eigenvalue weighted by atomic mass is 32.1. The number of carbonyl (C=O) groups is 1. The summed E-state index contributed by atoms with van der Waals surface area (Å²) in [5.41, 5.74) is 2.59. The first-order valence-corrected chi connectivity index (χ1v) is 10.3. The summed E-state index contributed by atoms with van der Waals surface area (Å²) >= 11 is 1.52. The number of likely N-dealkylation sites (N-methyl/N-ethyl adjacent to an activating group) is 1. The van der Waals surface area contributed by atoms with Crippen LogP contribution in [-0.4, -0.2) is 58.9 Å². The predicted octanol–water partition coefficient (Wildman–Crippen LogP) is 2.71. The van der Waals surface area contributed by atoms with E-state index in [1.165, 1.54) is 11.3 Å². The Kier molecular flexibility index (Phi) is 5.73. The molecule has 0 radical (unpaired) electrons. The fraction of sp³-hybridized carbons (Fsp3) is 0.333. The molecule has 0 unspecified atom stereocenters. The highest BCUT2D eigenvalue weighted by Gasteiger charge is 2.15. The van der Waals surface area contributed by atoms with Gasteiger partial charge in [0.2, 0.25) is 0 Å². The number of thiazole rings is 1. The molecular weight excluding hydrogens is 370 g/mol. The predicted molar refractivity (Wildman–Crippen MR) is 112 cm³/mol. The maximum atomic E-state index is 12.5. The first kappa shape index (κ1) is 18.7. The molecule has 4 rings (SSSR count). The average Bonchev–Trinajstić information content (AvgIpc) is 3.18. The van der Waals surface area contributed by atoms with Gasteiger partial charge in [0.05, 0.1) is 11.4 Å². The molecule has 7 heteroatoms. The van der Waals surface area contributed by atoms with E-state index in [1.807, 2.05) is 41.9 Å². The Morgan fingerprint density at radius 1 is 1.07 bits per heavy atom. The van der Waals surface area contributed by atoms with Crippen molar-refractivity contribution in [3.8, 4) is 10.7 Å². The van der Waals surface area contributed by atoms with Crippen LogP contribution in [0.1, 0.15) is 11.3 Å². The number of ketones is 1. The third kappa shape index (κ3) is 4.61. The molecule has 3 aromatic rings. The summed E-state index contributed by atoms with van der Waals surface area (Å²) in [7, 11) is 2.14. The summed E-state index contributed by atoms with van der Waals surface area (Å²) in [6, 6.07) is 9.78. The van der Waals surface area contributed by atoms with Gasteiger partial charge in [0.1, 0.15) is 16.6 Å². The van der Waals surface area contributed by atoms with E-state index in [2.05, 4.69) is 31.8 Å². The molecule has 28 heavy (non-hydrogen) atoms. The van der Waals surface area contributed by atoms with Gasteiger partial charge >= 0.3 is 0 Å². The monoisotopic (exact) mass is 393 g/mol. The van der Waals surface area contributed by atoms with Gasteiger partial charge in [0.25, 0.3) is 0 Å². The number of hydrogen-bond donors (Lipinski definition) is 0. The molecule has 3 aromatic heterocycles. The Hall–Kier alpha value is -2.64. The van der Waals surface area contributed by atoms with Crippen LogP contribution >= 0.6 is 11.3 Å². The molecule has 0 N–H and O–H groups in total. The Balaban J connectivity index is 1.33. The third-order valence-electron chi connectivity index (χ3n) is 4.85. The van der Waals surface area contributed by atoms with Gasteiger partial charge < -0.3 is 9.80 Å². The van der Waals surface area contributed by atoms with Gasteiger partial charge in [-0.05, 0) is 30.8 Å². The molecule has 0 spiro atoms. The molecule has 0 aliphatic carbocycles. The van der Waals surface area contributed by atoms with E-state index in [4.69, 9.17) is 0 Å². The number of Topliss-reactive ketones (excluding diaryl/α,β-unsaturated/α-hetero) is 1. The lowest BCUT2D eigenvalue weighted by Crippen LogP contribution is -2.44. The number of piperazine rings is 1. The largest absolute Gasteiger partial charge is 0.354 e. The summed E-state index contributed by atoms with van der Waals surface area (Å²) in [5.74, 6) is 1.14. The lowest BCUT2D eigenvalue weighted by atomic mass is 10.1. The topological polar surface area (TPSA) is 62.2 Å². The van der Waals surface area contributed by atoms with Gasteiger partial charge in [0, 0.05) is 56.8 Å². The summed E-state index contributed by atoms with van der Waals surface area (Å²) in [6.07, 6.45) is 4.29. The number of rotatable bonds is 6. The Bertz CT molecular complexity index is 917. The van der Waals surface area contributed by atoms with Gasteiger partial charge in [-0.15, -0.1) is 11.3 Å². The molecule has 0 aromatic carbocycles. The van der Waals surface area contributed by atoms with Crippen LogP contribution in [0.5, 0.6) is 0 Å². The second-order valence-electron chi connectivity index (χ2n) is 7.07. The third-order valence-corrected chi connectivity index (χ3v) is 5.77. The van der Waals surface area contributed by atoms with Gasteiger partial charge in [0.15, 0.2) is 0 Å². The number of hydrogen-bond acceptors (Lipinski definition) is 7. The molecule has 4 heterocycles. The van der Waals surface area contributed by atoms with Crippen LogP contribution in [0.4, 0.5) is 5.82 Å². The number of anilines is 1. The van der Waals surface area contributed by atoms with Crippen LogP contribution in [0, 0.1) is 0 Å². The summed E-state index contributed by atoms with van der Waals surface area (Å²) < 4.78 is 0. The summed E-state index contributed by atoms with van der Waals surface area (Å²) in [5, 5.41) is 2.79. The summed E-state index contributed by atoms with van der Waals surface area (Å²) in [4.78, 5) is 30.5. The molecule has 0 saturated carbocycles. The van der Waals surface area contributed by atoms with Crippen molar-refractivity contribution < 1.29 is 4.79 Å². The van der Waals surface area contributed by atoms with Crippen LogP contribution in [0.15, 0.2) is 48.1 Å². The second-order valence-corrected chi connectivity index (χ2v) is 7.92. The van der Waals surface area contributed by atoms with Crippen LogP contribution in [0.2, 0.25) is 0 Å². The van der Waals surface area contributed by atoms with Crippen LogP contribution < -0.4 is 4.90 Å². The highest BCUT2D eigenvalue weighted by Crippen LogP contribution is 2.22. The molecule has 0 atom stereocenters. The van der Waals surface area contributed by atoms with Crippen molar-refractivity contribution in [1.29, 1.82) is 0 Å². The van der Waals surface area contributed by atoms with Gasteiger partial charge in [-0.1, -0.05) is 12.1 Å². The van der Waals surface area contributed by atoms with E-state index in [9.17, 15) is 4.79 Å². The highest BCUT2D eigenvalue weighted by molar-refractivity contribution is 7.13. The van der Waals surface area contributed by atoms with E-state index in [0.717, 1.165) is 54.0 Å². The molecule has 1 saturated heterocycles. The van der Waals surface area contributed by atoms with Crippen molar-refractivity contribution in [2.75, 3.05) is 38.1 Å². The number of aromatic nitrogens is 3. The first-order chi connectivity index (χ1) is 13.7. The average molecular weight is 394 g/mol. The minimum atomic E-state index is 0.145. The van der Waals surface area contributed by atoms with Crippen molar-refractivity contribution >= 4 is 22.9 Å². The minimum Gasteiger partial charge on any atom is -0.354 e. The molecule has 1 fully saturated rings. The lowest BCUT2D eigenvalue weighted by molar-refractivity contribution is -0.117. The van der Waals surface area contributed by atoms with Gasteiger partial charge in [-0.3, -0.25) is 9.78 Å². The fourth-order valence-corrected chi connectivity index (χ4v) is 4.03. The standard InChI is InChI=1S/C21H23N5OS/c1-25-8-10-26(11-9-25)20-6-5-16(14-23-20)12-18(27)13-17-15-28-21(24-17)19-4-2-3-7-22-19/h2-7,14-15H,8-13H2,1H3. The fourth-order valence-electron chi connectivity index (χ4n) is 3.23. The molecule has 1 aliphatic heterocycles. The van der Waals surface area contributed by atoms with E-state index >= 15 is 0 Å². The SMILES string of the molecule is CN1CCN(c2ccc(CC(=O)Cc3csc(-c4ccccn4)n3)cn2)CC1. The quantitative estimate of drug-likeness (QED) is 0.642. The van der Waals surface area contributed by atoms with Gasteiger partial charge in [-0.2, -0.15) is 0 Å². The summed E-state index contributed by atoms with van der Waals surface area (Å²) in [6.45, 7) is 4.08. The lowest BCUT2D eigenvalue weighted by Gasteiger charge is -2.33. The zero-order valence-corrected chi connectivity index (χ0v) is 16.7. The maximum absolute atomic E-state index is 12.5. The molecule has 0 bridgehead atoms. The van der Waals surface area contributed by atoms with Crippen molar-refractivity contribution in [1.82, 2.24) is 19.9 Å². The van der Waals surface area contributed by atoms with Crippen molar-refractivity contribution in [3.05, 3.63) is 59.4 Å². The normalized spacial score (nSPS) is 15.0. The van der Waals surface area contributed by atoms with Gasteiger partial charge in [-0.25, -0.2) is 9.97 Å². The second kappa shape index (κ2) is 8.58.